The first-order chi connectivity index (χ1) is 8.70. The minimum atomic E-state index is -0.0600. The fourth-order valence-corrected chi connectivity index (χ4v) is 2.95. The van der Waals surface area contributed by atoms with Gasteiger partial charge in [0.2, 0.25) is 0 Å². The molecule has 1 atom stereocenters. The molecule has 0 spiro atoms. The first-order valence-corrected chi connectivity index (χ1v) is 6.91. The fraction of sp³-hybridized carbons (Fsp3) is 0.923. The summed E-state index contributed by atoms with van der Waals surface area (Å²) in [5.41, 5.74) is 0. The van der Waals surface area contributed by atoms with Crippen molar-refractivity contribution in [1.82, 2.24) is 9.80 Å². The van der Waals surface area contributed by atoms with Crippen molar-refractivity contribution in [3.63, 3.8) is 0 Å². The molecule has 5 nitrogen and oxygen atoms in total. The van der Waals surface area contributed by atoms with Gasteiger partial charge < -0.3 is 14.7 Å². The van der Waals surface area contributed by atoms with Crippen LogP contribution in [-0.4, -0.2) is 73.4 Å². The largest absolute Gasteiger partial charge is 0.464 e. The van der Waals surface area contributed by atoms with Crippen LogP contribution in [0.5, 0.6) is 0 Å². The average Bonchev–Trinajstić information content (AvgIpc) is 2.78. The summed E-state index contributed by atoms with van der Waals surface area (Å²) in [6.07, 6.45) is 3.15. The van der Waals surface area contributed by atoms with Crippen molar-refractivity contribution >= 4 is 5.97 Å². The Bertz CT molecular complexity index is 277. The van der Waals surface area contributed by atoms with E-state index in [9.17, 15) is 4.79 Å². The molecule has 0 aromatic heterocycles. The second-order valence-corrected chi connectivity index (χ2v) is 5.42. The van der Waals surface area contributed by atoms with Crippen LogP contribution in [0.3, 0.4) is 0 Å². The van der Waals surface area contributed by atoms with Crippen molar-refractivity contribution in [3.8, 4) is 0 Å². The first kappa shape index (κ1) is 13.8. The lowest BCUT2D eigenvalue weighted by molar-refractivity contribution is -0.142. The van der Waals surface area contributed by atoms with Crippen LogP contribution in [0.25, 0.3) is 0 Å². The quantitative estimate of drug-likeness (QED) is 0.698. The van der Waals surface area contributed by atoms with E-state index in [0.717, 1.165) is 45.4 Å². The molecule has 0 saturated carbocycles. The first-order valence-electron chi connectivity index (χ1n) is 6.91. The van der Waals surface area contributed by atoms with Gasteiger partial charge in [-0.1, -0.05) is 0 Å². The van der Waals surface area contributed by atoms with Gasteiger partial charge in [-0.15, -0.1) is 0 Å². The number of β-amino-alcohol motifs (C(OH)–C–C–N with tert-alkyl or cyclic N) is 1. The normalized spacial score (nSPS) is 26.8. The maximum atomic E-state index is 11.5. The molecule has 0 radical (unpaired) electrons. The zero-order valence-electron chi connectivity index (χ0n) is 11.2. The molecule has 2 aliphatic heterocycles. The summed E-state index contributed by atoms with van der Waals surface area (Å²) in [6, 6.07) is -0.0273. The third-order valence-electron chi connectivity index (χ3n) is 4.11. The smallest absolute Gasteiger partial charge is 0.323 e. The van der Waals surface area contributed by atoms with Crippen molar-refractivity contribution in [3.05, 3.63) is 0 Å². The van der Waals surface area contributed by atoms with E-state index in [1.807, 2.05) is 7.05 Å². The molecule has 2 rings (SSSR count). The van der Waals surface area contributed by atoms with E-state index in [2.05, 4.69) is 9.80 Å². The third kappa shape index (κ3) is 3.43. The number of aliphatic hydroxyl groups excluding tert-OH is 1. The number of esters is 1. The van der Waals surface area contributed by atoms with Crippen molar-refractivity contribution in [1.29, 1.82) is 0 Å². The van der Waals surface area contributed by atoms with Crippen LogP contribution in [0.2, 0.25) is 0 Å². The number of nitrogens with zero attached hydrogens (tertiary/aromatic N) is 2. The molecule has 0 amide bonds. The molecule has 5 heteroatoms. The van der Waals surface area contributed by atoms with Gasteiger partial charge in [0.1, 0.15) is 6.04 Å². The Hall–Kier alpha value is -0.650. The van der Waals surface area contributed by atoms with E-state index in [1.165, 1.54) is 0 Å². The van der Waals surface area contributed by atoms with Crippen LogP contribution in [-0.2, 0) is 9.53 Å². The molecule has 0 aromatic rings. The molecule has 18 heavy (non-hydrogen) atoms. The van der Waals surface area contributed by atoms with Gasteiger partial charge in [0, 0.05) is 19.5 Å². The molecule has 0 unspecified atom stereocenters. The fourth-order valence-electron chi connectivity index (χ4n) is 2.95. The van der Waals surface area contributed by atoms with Crippen LogP contribution in [0.4, 0.5) is 0 Å². The van der Waals surface area contributed by atoms with Crippen molar-refractivity contribution in [2.24, 2.45) is 5.92 Å². The van der Waals surface area contributed by atoms with Crippen LogP contribution in [0, 0.1) is 5.92 Å². The summed E-state index contributed by atoms with van der Waals surface area (Å²) in [7, 11) is 2.03. The monoisotopic (exact) mass is 256 g/mol. The highest BCUT2D eigenvalue weighted by atomic mass is 16.5. The molecule has 2 heterocycles. The van der Waals surface area contributed by atoms with Gasteiger partial charge in [-0.05, 0) is 38.9 Å². The van der Waals surface area contributed by atoms with Gasteiger partial charge in [-0.2, -0.15) is 0 Å². The number of likely N-dealkylation sites (tertiary alicyclic amines) is 1. The van der Waals surface area contributed by atoms with Gasteiger partial charge in [-0.3, -0.25) is 9.69 Å². The number of carbonyl (C=O) groups excluding carboxylic acids is 1. The number of piperidine rings is 1. The zero-order chi connectivity index (χ0) is 13.0. The van der Waals surface area contributed by atoms with Crippen molar-refractivity contribution < 1.29 is 14.6 Å². The summed E-state index contributed by atoms with van der Waals surface area (Å²) in [6.45, 7) is 4.72. The molecular weight excluding hydrogens is 232 g/mol. The van der Waals surface area contributed by atoms with Gasteiger partial charge in [0.05, 0.1) is 13.2 Å². The van der Waals surface area contributed by atoms with Gasteiger partial charge >= 0.3 is 5.97 Å². The number of carbonyl (C=O) groups is 1. The molecule has 2 saturated heterocycles. The number of hydrogen-bond acceptors (Lipinski definition) is 5. The molecule has 0 aliphatic carbocycles. The Morgan fingerprint density at radius 2 is 2.11 bits per heavy atom. The Kier molecular flexibility index (Phi) is 4.97. The van der Waals surface area contributed by atoms with Crippen molar-refractivity contribution in [2.75, 3.05) is 46.4 Å². The number of aliphatic hydroxyl groups is 1. The van der Waals surface area contributed by atoms with Crippen LogP contribution >= 0.6 is 0 Å². The summed E-state index contributed by atoms with van der Waals surface area (Å²) in [4.78, 5) is 16.0. The summed E-state index contributed by atoms with van der Waals surface area (Å²) < 4.78 is 5.01. The van der Waals surface area contributed by atoms with E-state index >= 15 is 0 Å². The number of ether oxygens (including phenoxy) is 1. The third-order valence-corrected chi connectivity index (χ3v) is 4.11. The Morgan fingerprint density at radius 3 is 2.67 bits per heavy atom. The minimum absolute atomic E-state index is 0.0273. The molecule has 1 N–H and O–H groups in total. The number of likely N-dealkylation sites (N-methyl/N-ethyl adjacent to an activating group) is 1. The predicted molar refractivity (Wildman–Crippen MR) is 68.2 cm³/mol. The average molecular weight is 256 g/mol. The number of cyclic esters (lactones) is 1. The molecule has 0 aromatic carbocycles. The molecule has 104 valence electrons. The van der Waals surface area contributed by atoms with Crippen LogP contribution in [0.1, 0.15) is 19.3 Å². The second-order valence-electron chi connectivity index (χ2n) is 5.42. The maximum absolute atomic E-state index is 11.5. The molecule has 0 bridgehead atoms. The van der Waals surface area contributed by atoms with Gasteiger partial charge in [-0.25, -0.2) is 0 Å². The predicted octanol–water partition coefficient (Wildman–Crippen LogP) is -0.0620. The lowest BCUT2D eigenvalue weighted by Crippen LogP contribution is -2.42. The Labute approximate surface area is 109 Å². The summed E-state index contributed by atoms with van der Waals surface area (Å²) in [5, 5.41) is 8.90. The molecule has 2 fully saturated rings. The van der Waals surface area contributed by atoms with E-state index in [0.29, 0.717) is 12.5 Å². The lowest BCUT2D eigenvalue weighted by atomic mass is 9.95. The van der Waals surface area contributed by atoms with Gasteiger partial charge in [0.15, 0.2) is 0 Å². The summed E-state index contributed by atoms with van der Waals surface area (Å²) in [5.74, 6) is 0.605. The lowest BCUT2D eigenvalue weighted by Gasteiger charge is -2.34. The SMILES string of the molecule is CN(CC1CCN(CCO)CC1)[C@H]1CCOC1=O. The van der Waals surface area contributed by atoms with Crippen molar-refractivity contribution in [2.45, 2.75) is 25.3 Å². The molecular formula is C13H24N2O3. The highest BCUT2D eigenvalue weighted by Gasteiger charge is 2.31. The Balaban J connectivity index is 1.72. The van der Waals surface area contributed by atoms with E-state index in [4.69, 9.17) is 9.84 Å². The van der Waals surface area contributed by atoms with E-state index in [-0.39, 0.29) is 18.6 Å². The molecule has 2 aliphatic rings. The standard InChI is InChI=1S/C13H24N2O3/c1-14(12-4-9-18-13(12)17)10-11-2-5-15(6-3-11)7-8-16/h11-12,16H,2-10H2,1H3/t12-/m0/s1. The van der Waals surface area contributed by atoms with Crippen LogP contribution < -0.4 is 0 Å². The maximum Gasteiger partial charge on any atom is 0.323 e. The Morgan fingerprint density at radius 1 is 1.39 bits per heavy atom. The summed E-state index contributed by atoms with van der Waals surface area (Å²) >= 11 is 0. The van der Waals surface area contributed by atoms with E-state index in [1.54, 1.807) is 0 Å². The highest BCUT2D eigenvalue weighted by Crippen LogP contribution is 2.20. The van der Waals surface area contributed by atoms with Crippen LogP contribution in [0.15, 0.2) is 0 Å². The van der Waals surface area contributed by atoms with E-state index < -0.39 is 0 Å². The minimum Gasteiger partial charge on any atom is -0.464 e. The highest BCUT2D eigenvalue weighted by molar-refractivity contribution is 5.77. The second kappa shape index (κ2) is 6.50. The zero-order valence-corrected chi connectivity index (χ0v) is 11.2. The van der Waals surface area contributed by atoms with Gasteiger partial charge in [0.25, 0.3) is 0 Å². The topological polar surface area (TPSA) is 53.0 Å². The number of hydrogen-bond donors (Lipinski definition) is 1. The number of rotatable bonds is 5.